The summed E-state index contributed by atoms with van der Waals surface area (Å²) in [5.41, 5.74) is -2.47. The van der Waals surface area contributed by atoms with Gasteiger partial charge in [-0.1, -0.05) is 54.6 Å². The van der Waals surface area contributed by atoms with Crippen LogP contribution >= 0.6 is 0 Å². The molecule has 0 amide bonds. The minimum absolute atomic E-state index is 0.0372. The minimum Gasteiger partial charge on any atom is -0.459 e. The quantitative estimate of drug-likeness (QED) is 0.200. The third-order valence-corrected chi connectivity index (χ3v) is 7.54. The molecule has 0 spiro atoms. The van der Waals surface area contributed by atoms with Crippen molar-refractivity contribution in [2.45, 2.75) is 31.0 Å². The van der Waals surface area contributed by atoms with E-state index in [0.29, 0.717) is 5.39 Å². The summed E-state index contributed by atoms with van der Waals surface area (Å²) in [5, 5.41) is 0.372. The maximum atomic E-state index is 13.5. The maximum absolute atomic E-state index is 13.5. The van der Waals surface area contributed by atoms with E-state index in [0.717, 1.165) is 4.57 Å². The summed E-state index contributed by atoms with van der Waals surface area (Å²) in [6.07, 6.45) is -2.64. The van der Waals surface area contributed by atoms with E-state index in [2.05, 4.69) is 9.97 Å². The van der Waals surface area contributed by atoms with Gasteiger partial charge in [0.15, 0.2) is 17.9 Å². The molecule has 6 rings (SSSR count). The summed E-state index contributed by atoms with van der Waals surface area (Å²) in [7, 11) is 0. The molecule has 0 bridgehead atoms. The standard InChI is InChI=1S/C34H27N3O9/c1-34(46-31(41)23-15-9-4-10-16-23)27(45-30(40)22-13-7-3-8-14-22)25(20-43-29(39)21-11-5-2-6-12-21)44-32(34)37-19-24-17-18-26(38)35-28(24)36-33(37)42/h2-19,25,27,32H,20H2,1H3,(H,35,36,38,42)/t25-,27-,32-,34-/m1/s1. The Morgan fingerprint density at radius 3 is 1.98 bits per heavy atom. The third kappa shape index (κ3) is 6.06. The molecular formula is C34H27N3O9. The smallest absolute Gasteiger partial charge is 0.351 e. The normalized spacial score (nSPS) is 20.6. The fourth-order valence-electron chi connectivity index (χ4n) is 5.26. The van der Waals surface area contributed by atoms with Gasteiger partial charge in [-0.15, -0.1) is 0 Å². The number of ether oxygens (including phenoxy) is 4. The second-order valence-electron chi connectivity index (χ2n) is 10.7. The lowest BCUT2D eigenvalue weighted by molar-refractivity contribution is -0.111. The fraction of sp³-hybridized carbons (Fsp3) is 0.176. The first-order valence-electron chi connectivity index (χ1n) is 14.3. The molecule has 1 saturated heterocycles. The molecule has 1 aliphatic heterocycles. The number of aromatic amines is 1. The molecule has 0 saturated carbocycles. The van der Waals surface area contributed by atoms with Crippen LogP contribution in [0, 0.1) is 0 Å². The number of carbonyl (C=O) groups excluding carboxylic acids is 3. The van der Waals surface area contributed by atoms with E-state index in [-0.39, 0.29) is 22.3 Å². The number of fused-ring (bicyclic) bond motifs is 1. The largest absolute Gasteiger partial charge is 0.459 e. The van der Waals surface area contributed by atoms with Crippen molar-refractivity contribution in [2.75, 3.05) is 6.61 Å². The first kappa shape index (κ1) is 30.2. The number of nitrogens with zero attached hydrogens (tertiary/aromatic N) is 2. The van der Waals surface area contributed by atoms with Crippen LogP contribution in [0.15, 0.2) is 119 Å². The number of pyridine rings is 1. The molecule has 0 unspecified atom stereocenters. The highest BCUT2D eigenvalue weighted by molar-refractivity contribution is 5.91. The van der Waals surface area contributed by atoms with Crippen LogP contribution in [0.4, 0.5) is 0 Å². The molecule has 12 heteroatoms. The molecule has 46 heavy (non-hydrogen) atoms. The molecule has 232 valence electrons. The molecule has 1 aliphatic rings. The Balaban J connectivity index is 1.43. The SMILES string of the molecule is C[C@@]1(OC(=O)c2ccccc2)[C@H](OC(=O)c2ccccc2)[C@@H](COC(=O)c2ccccc2)O[C@H]1n1cc2ccc(=O)[nH]c2nc1=O. The van der Waals surface area contributed by atoms with Crippen molar-refractivity contribution < 1.29 is 33.3 Å². The van der Waals surface area contributed by atoms with Crippen LogP contribution in [0.1, 0.15) is 44.2 Å². The molecule has 12 nitrogen and oxygen atoms in total. The molecular weight excluding hydrogens is 594 g/mol. The van der Waals surface area contributed by atoms with E-state index in [1.807, 2.05) is 0 Å². The Hall–Kier alpha value is -5.88. The Bertz CT molecular complexity index is 2010. The summed E-state index contributed by atoms with van der Waals surface area (Å²) in [4.78, 5) is 71.6. The third-order valence-electron chi connectivity index (χ3n) is 7.54. The van der Waals surface area contributed by atoms with Gasteiger partial charge < -0.3 is 23.9 Å². The molecule has 2 aromatic heterocycles. The molecule has 3 heterocycles. The molecule has 0 aliphatic carbocycles. The minimum atomic E-state index is -1.87. The summed E-state index contributed by atoms with van der Waals surface area (Å²) in [6.45, 7) is 1.03. The van der Waals surface area contributed by atoms with Gasteiger partial charge in [0.05, 0.1) is 16.7 Å². The van der Waals surface area contributed by atoms with Gasteiger partial charge in [-0.25, -0.2) is 19.2 Å². The van der Waals surface area contributed by atoms with Gasteiger partial charge in [0.2, 0.25) is 5.56 Å². The van der Waals surface area contributed by atoms with Gasteiger partial charge in [0, 0.05) is 17.6 Å². The van der Waals surface area contributed by atoms with E-state index < -0.39 is 59.8 Å². The van der Waals surface area contributed by atoms with Crippen molar-refractivity contribution in [1.82, 2.24) is 14.5 Å². The van der Waals surface area contributed by atoms with E-state index >= 15 is 0 Å². The van der Waals surface area contributed by atoms with E-state index in [1.165, 1.54) is 25.3 Å². The number of hydrogen-bond acceptors (Lipinski definition) is 10. The van der Waals surface area contributed by atoms with Crippen LogP contribution in [-0.2, 0) is 18.9 Å². The molecule has 0 radical (unpaired) electrons. The number of nitrogens with one attached hydrogen (secondary N) is 1. The van der Waals surface area contributed by atoms with E-state index in [9.17, 15) is 24.0 Å². The average Bonchev–Trinajstić information content (AvgIpc) is 3.34. The zero-order chi connectivity index (χ0) is 32.3. The Morgan fingerprint density at radius 2 is 1.37 bits per heavy atom. The Morgan fingerprint density at radius 1 is 0.804 bits per heavy atom. The topological polar surface area (TPSA) is 156 Å². The first-order valence-corrected chi connectivity index (χ1v) is 14.3. The molecule has 1 N–H and O–H groups in total. The number of benzene rings is 3. The van der Waals surface area contributed by atoms with E-state index in [4.69, 9.17) is 18.9 Å². The first-order chi connectivity index (χ1) is 22.2. The highest BCUT2D eigenvalue weighted by Crippen LogP contribution is 2.43. The van der Waals surface area contributed by atoms with Gasteiger partial charge in [0.25, 0.3) is 0 Å². The lowest BCUT2D eigenvalue weighted by Gasteiger charge is -2.34. The number of rotatable bonds is 8. The summed E-state index contributed by atoms with van der Waals surface area (Å²) in [6, 6.07) is 27.2. The average molecular weight is 622 g/mol. The van der Waals surface area contributed by atoms with Crippen LogP contribution in [0.3, 0.4) is 0 Å². The number of H-pyrrole nitrogens is 1. The maximum Gasteiger partial charge on any atom is 0.351 e. The highest BCUT2D eigenvalue weighted by Gasteiger charge is 2.60. The zero-order valence-corrected chi connectivity index (χ0v) is 24.4. The molecule has 3 aromatic carbocycles. The van der Waals surface area contributed by atoms with Gasteiger partial charge in [-0.2, -0.15) is 4.98 Å². The molecule has 1 fully saturated rings. The van der Waals surface area contributed by atoms with Gasteiger partial charge in [-0.3, -0.25) is 9.36 Å². The van der Waals surface area contributed by atoms with Crippen molar-refractivity contribution in [3.8, 4) is 0 Å². The summed E-state index contributed by atoms with van der Waals surface area (Å²) >= 11 is 0. The lowest BCUT2D eigenvalue weighted by Crippen LogP contribution is -2.51. The van der Waals surface area contributed by atoms with Gasteiger partial charge in [0.1, 0.15) is 18.4 Å². The predicted octanol–water partition coefficient (Wildman–Crippen LogP) is 3.68. The van der Waals surface area contributed by atoms with Crippen LogP contribution in [-0.4, -0.2) is 56.9 Å². The van der Waals surface area contributed by atoms with Crippen LogP contribution < -0.4 is 11.2 Å². The Kier molecular flexibility index (Phi) is 8.27. The van der Waals surface area contributed by atoms with Crippen LogP contribution in [0.2, 0.25) is 0 Å². The van der Waals surface area contributed by atoms with Crippen molar-refractivity contribution >= 4 is 28.9 Å². The summed E-state index contributed by atoms with van der Waals surface area (Å²) in [5.74, 6) is -2.22. The molecule has 4 atom stereocenters. The number of carbonyl (C=O) groups is 3. The highest BCUT2D eigenvalue weighted by atomic mass is 16.7. The second kappa shape index (κ2) is 12.6. The second-order valence-corrected chi connectivity index (χ2v) is 10.7. The number of hydrogen-bond donors (Lipinski definition) is 1. The number of esters is 3. The van der Waals surface area contributed by atoms with Crippen molar-refractivity contribution in [2.24, 2.45) is 0 Å². The monoisotopic (exact) mass is 621 g/mol. The zero-order valence-electron chi connectivity index (χ0n) is 24.4. The number of aromatic nitrogens is 3. The Labute approximate surface area is 261 Å². The summed E-state index contributed by atoms with van der Waals surface area (Å²) < 4.78 is 25.0. The predicted molar refractivity (Wildman–Crippen MR) is 163 cm³/mol. The van der Waals surface area contributed by atoms with Crippen molar-refractivity contribution in [3.05, 3.63) is 147 Å². The van der Waals surface area contributed by atoms with Gasteiger partial charge >= 0.3 is 23.6 Å². The molecule has 5 aromatic rings. The van der Waals surface area contributed by atoms with E-state index in [1.54, 1.807) is 91.0 Å². The van der Waals surface area contributed by atoms with Gasteiger partial charge in [-0.05, 0) is 49.4 Å². The van der Waals surface area contributed by atoms with Crippen LogP contribution in [0.5, 0.6) is 0 Å². The lowest BCUT2D eigenvalue weighted by atomic mass is 9.95. The fourth-order valence-corrected chi connectivity index (χ4v) is 5.26. The van der Waals surface area contributed by atoms with Crippen LogP contribution in [0.25, 0.3) is 11.0 Å². The van der Waals surface area contributed by atoms with Crippen molar-refractivity contribution in [1.29, 1.82) is 0 Å². The van der Waals surface area contributed by atoms with Crippen molar-refractivity contribution in [3.63, 3.8) is 0 Å².